The van der Waals surface area contributed by atoms with Crippen molar-refractivity contribution >= 4 is 58.8 Å². The van der Waals surface area contributed by atoms with E-state index >= 15 is 0 Å². The van der Waals surface area contributed by atoms with Crippen LogP contribution in [0.3, 0.4) is 0 Å². The number of likely N-dealkylation sites (tertiary alicyclic amines) is 2. The monoisotopic (exact) mass is 989 g/mol. The SMILES string of the molecule is C[C@@H](O)[C@H]1C(=O)N2C(C(=O)OCc3ccc([N+](=O)[O-])cc3)=C(S[C@H]3C[C@@H](C(O)CC(=O)N4CC[C@H](CN(C)C(=O)OCc5ccc([N+](=O)[O-])cc5)C4)N(C(=O)OCc4ccc([N+](=O)[O-])cc4)C3)[C@H](C)[C@H]12. The van der Waals surface area contributed by atoms with Crippen LogP contribution in [0.2, 0.25) is 0 Å². The zero-order valence-corrected chi connectivity index (χ0v) is 39.1. The number of nitrogens with zero attached hydrogens (tertiary/aromatic N) is 7. The molecule has 7 rings (SSSR count). The minimum atomic E-state index is -1.40. The van der Waals surface area contributed by atoms with Crippen LogP contribution in [0.25, 0.3) is 0 Å². The lowest BCUT2D eigenvalue weighted by molar-refractivity contribution is -0.385. The first kappa shape index (κ1) is 50.7. The smallest absolute Gasteiger partial charge is 0.410 e. The van der Waals surface area contributed by atoms with Crippen LogP contribution in [0.15, 0.2) is 83.4 Å². The van der Waals surface area contributed by atoms with Crippen LogP contribution in [0.4, 0.5) is 26.7 Å². The summed E-state index contributed by atoms with van der Waals surface area (Å²) in [7, 11) is 1.55. The van der Waals surface area contributed by atoms with Gasteiger partial charge in [-0.25, -0.2) is 14.4 Å². The molecule has 0 aliphatic carbocycles. The van der Waals surface area contributed by atoms with Gasteiger partial charge in [0.1, 0.15) is 25.5 Å². The summed E-state index contributed by atoms with van der Waals surface area (Å²) in [5.74, 6) is -3.13. The second-order valence-electron chi connectivity index (χ2n) is 17.8. The number of β-lactam (4-membered cyclic amide) rings is 1. The maximum atomic E-state index is 13.9. The molecule has 0 saturated carbocycles. The number of hydrogen-bond acceptors (Lipinski definition) is 17. The van der Waals surface area contributed by atoms with E-state index in [0.29, 0.717) is 34.6 Å². The largest absolute Gasteiger partial charge is 0.456 e. The molecule has 372 valence electrons. The van der Waals surface area contributed by atoms with Crippen molar-refractivity contribution in [1.29, 1.82) is 0 Å². The van der Waals surface area contributed by atoms with Crippen LogP contribution >= 0.6 is 11.8 Å². The molecule has 70 heavy (non-hydrogen) atoms. The van der Waals surface area contributed by atoms with Gasteiger partial charge in [0.2, 0.25) is 11.8 Å². The molecule has 3 aromatic rings. The van der Waals surface area contributed by atoms with Crippen molar-refractivity contribution < 1.29 is 63.2 Å². The number of carbonyl (C=O) groups is 5. The van der Waals surface area contributed by atoms with Crippen molar-refractivity contribution in [3.63, 3.8) is 0 Å². The van der Waals surface area contributed by atoms with Gasteiger partial charge in [0.05, 0.1) is 51.4 Å². The number of aliphatic hydroxyl groups excluding tert-OH is 2. The standard InChI is InChI=1S/C46H51N7O16S/c1-26-40-39(27(2)54)43(57)50(40)41(44(58)67-23-28-4-10-32(11-5-28)51(61)62)42(26)70-35-18-36(49(22-35)46(60)69-25-30-8-14-34(15-9-30)53(65)66)37(55)19-38(56)48-17-16-31(21-48)20-47(3)45(59)68-24-29-6-12-33(13-7-29)52(63)64/h4-15,26-27,31,35-37,39-40,54-55H,16-25H2,1-3H3/t26-,27-,31-,35+,36+,37?,39-,40-/m1/s1. The van der Waals surface area contributed by atoms with Crippen LogP contribution in [-0.2, 0) is 48.4 Å². The minimum Gasteiger partial charge on any atom is -0.456 e. The molecule has 3 saturated heterocycles. The topological polar surface area (TPSA) is 296 Å². The number of fused-ring (bicyclic) bond motifs is 1. The van der Waals surface area contributed by atoms with E-state index in [9.17, 15) is 64.5 Å². The minimum absolute atomic E-state index is 0.0299. The van der Waals surface area contributed by atoms with Gasteiger partial charge in [-0.2, -0.15) is 0 Å². The highest BCUT2D eigenvalue weighted by Crippen LogP contribution is 2.53. The lowest BCUT2D eigenvalue weighted by atomic mass is 9.79. The Morgan fingerprint density at radius 3 is 1.83 bits per heavy atom. The lowest BCUT2D eigenvalue weighted by Crippen LogP contribution is -2.63. The van der Waals surface area contributed by atoms with Crippen LogP contribution in [-0.4, -0.2) is 137 Å². The van der Waals surface area contributed by atoms with E-state index in [2.05, 4.69) is 0 Å². The van der Waals surface area contributed by atoms with Crippen LogP contribution < -0.4 is 0 Å². The third kappa shape index (κ3) is 11.3. The van der Waals surface area contributed by atoms with Gasteiger partial charge in [-0.1, -0.05) is 6.92 Å². The predicted octanol–water partition coefficient (Wildman–Crippen LogP) is 4.90. The van der Waals surface area contributed by atoms with Gasteiger partial charge in [0, 0.05) is 85.7 Å². The Morgan fingerprint density at radius 1 is 0.800 bits per heavy atom. The van der Waals surface area contributed by atoms with E-state index < -0.39 is 86.1 Å². The first-order valence-electron chi connectivity index (χ1n) is 22.4. The Morgan fingerprint density at radius 2 is 1.31 bits per heavy atom. The number of amides is 4. The third-order valence-electron chi connectivity index (χ3n) is 13.0. The quantitative estimate of drug-likeness (QED) is 0.0563. The molecule has 4 aliphatic heterocycles. The maximum Gasteiger partial charge on any atom is 0.410 e. The van der Waals surface area contributed by atoms with Crippen molar-refractivity contribution in [2.45, 2.75) is 82.5 Å². The molecule has 1 unspecified atom stereocenters. The average Bonchev–Trinajstić information content (AvgIpc) is 4.05. The van der Waals surface area contributed by atoms with E-state index in [-0.39, 0.29) is 81.0 Å². The normalized spacial score (nSPS) is 22.5. The molecule has 4 amide bonds. The molecular formula is C46H51N7O16S. The molecule has 0 radical (unpaired) electrons. The fraction of sp³-hybridized carbons (Fsp3) is 0.457. The molecule has 3 fully saturated rings. The molecule has 24 heteroatoms. The predicted molar refractivity (Wildman–Crippen MR) is 246 cm³/mol. The highest BCUT2D eigenvalue weighted by molar-refractivity contribution is 8.03. The number of rotatable bonds is 18. The van der Waals surface area contributed by atoms with Crippen LogP contribution in [0, 0.1) is 48.1 Å². The molecule has 0 aromatic heterocycles. The summed E-state index contributed by atoms with van der Waals surface area (Å²) >= 11 is 1.21. The lowest BCUT2D eigenvalue weighted by Gasteiger charge is -2.46. The summed E-state index contributed by atoms with van der Waals surface area (Å²) in [6.07, 6.45) is -3.62. The molecule has 4 aliphatic rings. The summed E-state index contributed by atoms with van der Waals surface area (Å²) in [6, 6.07) is 14.9. The average molecular weight is 990 g/mol. The number of thioether (sulfide) groups is 1. The van der Waals surface area contributed by atoms with Crippen molar-refractivity contribution in [3.05, 3.63) is 130 Å². The molecule has 0 spiro atoms. The number of hydrogen-bond donors (Lipinski definition) is 2. The molecule has 0 bridgehead atoms. The summed E-state index contributed by atoms with van der Waals surface area (Å²) in [5.41, 5.74) is 1.02. The van der Waals surface area contributed by atoms with Gasteiger partial charge in [0.15, 0.2) is 0 Å². The Labute approximate surface area is 404 Å². The van der Waals surface area contributed by atoms with Gasteiger partial charge >= 0.3 is 18.2 Å². The second kappa shape index (κ2) is 21.6. The third-order valence-corrected chi connectivity index (χ3v) is 14.5. The van der Waals surface area contributed by atoms with Crippen LogP contribution in [0.5, 0.6) is 0 Å². The number of nitro benzene ring substituents is 3. The van der Waals surface area contributed by atoms with Crippen molar-refractivity contribution in [3.8, 4) is 0 Å². The van der Waals surface area contributed by atoms with Gasteiger partial charge < -0.3 is 44.0 Å². The van der Waals surface area contributed by atoms with Gasteiger partial charge in [-0.15, -0.1) is 11.8 Å². The van der Waals surface area contributed by atoms with Gasteiger partial charge in [0.25, 0.3) is 17.1 Å². The van der Waals surface area contributed by atoms with E-state index in [1.54, 1.807) is 18.9 Å². The number of carbonyl (C=O) groups excluding carboxylic acids is 5. The Hall–Kier alpha value is -7.18. The molecule has 3 aromatic carbocycles. The number of nitro groups is 3. The fourth-order valence-electron chi connectivity index (χ4n) is 9.29. The van der Waals surface area contributed by atoms with E-state index in [1.165, 1.54) is 106 Å². The van der Waals surface area contributed by atoms with Gasteiger partial charge in [-0.05, 0) is 78.8 Å². The Bertz CT molecular complexity index is 2540. The molecule has 23 nitrogen and oxygen atoms in total. The van der Waals surface area contributed by atoms with Crippen molar-refractivity contribution in [2.75, 3.05) is 33.2 Å². The summed E-state index contributed by atoms with van der Waals surface area (Å²) in [5, 5.41) is 55.1. The maximum absolute atomic E-state index is 13.9. The summed E-state index contributed by atoms with van der Waals surface area (Å²) in [6.45, 7) is 3.48. The highest BCUT2D eigenvalue weighted by Gasteiger charge is 2.61. The zero-order valence-electron chi connectivity index (χ0n) is 38.3. The molecule has 2 N–H and O–H groups in total. The highest BCUT2D eigenvalue weighted by atomic mass is 32.2. The van der Waals surface area contributed by atoms with Gasteiger partial charge in [-0.3, -0.25) is 39.9 Å². The van der Waals surface area contributed by atoms with E-state index in [4.69, 9.17) is 14.2 Å². The number of esters is 1. The Kier molecular flexibility index (Phi) is 15.7. The second-order valence-corrected chi connectivity index (χ2v) is 19.1. The fourth-order valence-corrected chi connectivity index (χ4v) is 10.8. The first-order chi connectivity index (χ1) is 33.3. The summed E-state index contributed by atoms with van der Waals surface area (Å²) in [4.78, 5) is 106. The van der Waals surface area contributed by atoms with E-state index in [0.717, 1.165) is 0 Å². The number of aliphatic hydroxyl groups is 2. The molecular weight excluding hydrogens is 939 g/mol. The number of ether oxygens (including phenoxy) is 3. The Balaban J connectivity index is 1.03. The van der Waals surface area contributed by atoms with Crippen molar-refractivity contribution in [2.24, 2.45) is 17.8 Å². The zero-order chi connectivity index (χ0) is 50.6. The molecule has 4 heterocycles. The number of non-ortho nitro benzene ring substituents is 3. The first-order valence-corrected chi connectivity index (χ1v) is 23.2. The number of benzene rings is 3. The van der Waals surface area contributed by atoms with Crippen LogP contribution in [0.1, 0.15) is 49.8 Å². The summed E-state index contributed by atoms with van der Waals surface area (Å²) < 4.78 is 16.7. The van der Waals surface area contributed by atoms with Crippen molar-refractivity contribution in [1.82, 2.24) is 19.6 Å². The molecule has 8 atom stereocenters. The van der Waals surface area contributed by atoms with E-state index in [1.807, 2.05) is 0 Å².